The van der Waals surface area contributed by atoms with E-state index in [1.54, 1.807) is 24.3 Å². The number of aromatic nitrogens is 1. The second kappa shape index (κ2) is 18.9. The Bertz CT molecular complexity index is 1540. The number of Topliss-reactive ketones (excluding diaryl/α,β-unsaturated/α-hetero) is 1. The molecule has 0 radical (unpaired) electrons. The van der Waals surface area contributed by atoms with E-state index in [2.05, 4.69) is 15.2 Å². The van der Waals surface area contributed by atoms with E-state index in [0.29, 0.717) is 11.4 Å². The molecule has 12 heteroatoms. The van der Waals surface area contributed by atoms with Gasteiger partial charge in [0.1, 0.15) is 10.7 Å². The molecule has 1 saturated carbocycles. The maximum atomic E-state index is 14.3. The smallest absolute Gasteiger partial charge is 0.306 e. The number of piperidine rings is 1. The largest absolute Gasteiger partial charge is 0.481 e. The summed E-state index contributed by atoms with van der Waals surface area (Å²) < 4.78 is 5.80. The van der Waals surface area contributed by atoms with Crippen molar-refractivity contribution in [2.45, 2.75) is 123 Å². The van der Waals surface area contributed by atoms with Crippen molar-refractivity contribution in [3.8, 4) is 0 Å². The summed E-state index contributed by atoms with van der Waals surface area (Å²) in [7, 11) is 3.78. The lowest BCUT2D eigenvalue weighted by Gasteiger charge is -2.40. The Labute approximate surface area is 312 Å². The molecule has 286 valence electrons. The SMILES string of the molecule is CC(=O)O[C@H](C[C@H](C(C)C)N(C)C(=O)[C@@H](CC(=O)[C@H]1CCCCN1C)C1CCC1)c1nc(C(=O)N[C@@H](Cc2ccc(C)cc2)C[C@H](C)C(=O)O)cs1. The van der Waals surface area contributed by atoms with Gasteiger partial charge in [-0.15, -0.1) is 11.3 Å². The fourth-order valence-corrected chi connectivity index (χ4v) is 8.42. The minimum absolute atomic E-state index is 0.00397. The van der Waals surface area contributed by atoms with Crippen molar-refractivity contribution in [3.05, 3.63) is 51.5 Å². The number of amides is 2. The van der Waals surface area contributed by atoms with Crippen LogP contribution in [-0.4, -0.2) is 88.2 Å². The fourth-order valence-electron chi connectivity index (χ4n) is 7.58. The predicted molar refractivity (Wildman–Crippen MR) is 201 cm³/mol. The van der Waals surface area contributed by atoms with Gasteiger partial charge in [-0.1, -0.05) is 63.4 Å². The van der Waals surface area contributed by atoms with Crippen LogP contribution >= 0.6 is 11.3 Å². The number of likely N-dealkylation sites (tertiary alicyclic amines) is 1. The maximum Gasteiger partial charge on any atom is 0.306 e. The van der Waals surface area contributed by atoms with Gasteiger partial charge in [-0.05, 0) is 76.4 Å². The third kappa shape index (κ3) is 11.2. The first-order chi connectivity index (χ1) is 24.6. The van der Waals surface area contributed by atoms with Gasteiger partial charge in [0.15, 0.2) is 11.9 Å². The molecule has 11 nitrogen and oxygen atoms in total. The standard InChI is InChI=1S/C40H58N4O7S/c1-24(2)34(44(7)39(48)31(29-11-10-12-29)21-35(46)33-13-8-9-18-43(33)6)22-36(51-27(5)45)38-42-32(23-52-38)37(47)41-30(19-26(4)40(49)50)20-28-16-14-25(3)15-17-28/h14-17,23-24,26,29-31,33-34,36H,8-13,18-22H2,1-7H3,(H,41,47)(H,49,50)/t26-,30+,31-,33+,34+,36+/m0/s1. The summed E-state index contributed by atoms with van der Waals surface area (Å²) in [5, 5.41) is 14.6. The molecule has 4 rings (SSSR count). The highest BCUT2D eigenvalue weighted by Crippen LogP contribution is 2.38. The topological polar surface area (TPSA) is 146 Å². The number of likely N-dealkylation sites (N-methyl/N-ethyl adjacent to an activating group) is 1. The summed E-state index contributed by atoms with van der Waals surface area (Å²) in [6, 6.07) is 6.99. The first-order valence-electron chi connectivity index (χ1n) is 18.9. The third-order valence-corrected chi connectivity index (χ3v) is 11.9. The molecule has 6 atom stereocenters. The molecular weight excluding hydrogens is 681 g/mol. The number of carboxylic acids is 1. The average Bonchev–Trinajstić information content (AvgIpc) is 3.56. The number of aliphatic carboxylic acids is 1. The van der Waals surface area contributed by atoms with Gasteiger partial charge in [0.2, 0.25) is 5.91 Å². The lowest BCUT2D eigenvalue weighted by molar-refractivity contribution is -0.150. The highest BCUT2D eigenvalue weighted by molar-refractivity contribution is 7.09. The average molecular weight is 739 g/mol. The molecule has 1 aliphatic carbocycles. The molecule has 1 aromatic heterocycles. The summed E-state index contributed by atoms with van der Waals surface area (Å²) in [6.07, 6.45) is 6.27. The number of hydrogen-bond donors (Lipinski definition) is 2. The van der Waals surface area contributed by atoms with Crippen LogP contribution in [0.4, 0.5) is 0 Å². The Morgan fingerprint density at radius 3 is 2.31 bits per heavy atom. The van der Waals surface area contributed by atoms with Crippen LogP contribution in [0.5, 0.6) is 0 Å². The van der Waals surface area contributed by atoms with E-state index in [9.17, 15) is 29.1 Å². The number of esters is 1. The minimum atomic E-state index is -0.936. The van der Waals surface area contributed by atoms with Crippen molar-refractivity contribution in [1.29, 1.82) is 0 Å². The molecule has 2 fully saturated rings. The third-order valence-electron chi connectivity index (χ3n) is 11.0. The lowest BCUT2D eigenvalue weighted by Crippen LogP contribution is -2.49. The van der Waals surface area contributed by atoms with Crippen LogP contribution in [0, 0.1) is 30.6 Å². The number of nitrogens with one attached hydrogen (secondary N) is 1. The van der Waals surface area contributed by atoms with Crippen LogP contribution in [0.1, 0.15) is 118 Å². The zero-order valence-electron chi connectivity index (χ0n) is 31.9. The second-order valence-corrected chi connectivity index (χ2v) is 16.4. The van der Waals surface area contributed by atoms with Gasteiger partial charge in [0, 0.05) is 50.2 Å². The molecule has 2 amide bonds. The van der Waals surface area contributed by atoms with Crippen molar-refractivity contribution in [2.75, 3.05) is 20.6 Å². The number of carboxylic acid groups (broad SMARTS) is 1. The highest BCUT2D eigenvalue weighted by atomic mass is 32.1. The molecule has 0 spiro atoms. The summed E-state index contributed by atoms with van der Waals surface area (Å²) >= 11 is 1.21. The Morgan fingerprint density at radius 1 is 1.04 bits per heavy atom. The molecule has 2 N–H and O–H groups in total. The van der Waals surface area contributed by atoms with Gasteiger partial charge in [-0.25, -0.2) is 4.98 Å². The van der Waals surface area contributed by atoms with E-state index in [1.165, 1.54) is 18.3 Å². The number of benzene rings is 1. The Morgan fingerprint density at radius 2 is 1.73 bits per heavy atom. The number of ketones is 1. The van der Waals surface area contributed by atoms with E-state index >= 15 is 0 Å². The molecule has 1 saturated heterocycles. The van der Waals surface area contributed by atoms with Crippen LogP contribution in [0.2, 0.25) is 0 Å². The normalized spacial score (nSPS) is 19.5. The monoisotopic (exact) mass is 738 g/mol. The number of hydrogen-bond acceptors (Lipinski definition) is 9. The summed E-state index contributed by atoms with van der Waals surface area (Å²) in [5.41, 5.74) is 2.23. The molecule has 52 heavy (non-hydrogen) atoms. The Hall–Kier alpha value is -3.64. The van der Waals surface area contributed by atoms with Crippen molar-refractivity contribution in [2.24, 2.45) is 23.7 Å². The van der Waals surface area contributed by atoms with E-state index in [-0.39, 0.29) is 66.5 Å². The van der Waals surface area contributed by atoms with Crippen molar-refractivity contribution >= 4 is 40.9 Å². The van der Waals surface area contributed by atoms with E-state index in [4.69, 9.17) is 4.74 Å². The number of ether oxygens (including phenoxy) is 1. The molecular formula is C40H58N4O7S. The first kappa shape index (κ1) is 41.1. The van der Waals surface area contributed by atoms with Crippen molar-refractivity contribution in [3.63, 3.8) is 0 Å². The van der Waals surface area contributed by atoms with Gasteiger partial charge in [-0.3, -0.25) is 28.9 Å². The van der Waals surface area contributed by atoms with Crippen LogP contribution in [0.3, 0.4) is 0 Å². The van der Waals surface area contributed by atoms with Gasteiger partial charge >= 0.3 is 11.9 Å². The van der Waals surface area contributed by atoms with Crippen LogP contribution in [-0.2, 0) is 30.3 Å². The van der Waals surface area contributed by atoms with Gasteiger partial charge in [0.05, 0.1) is 12.0 Å². The van der Waals surface area contributed by atoms with E-state index in [1.807, 2.05) is 52.1 Å². The number of carbonyl (C=O) groups is 5. The first-order valence-corrected chi connectivity index (χ1v) is 19.7. The fraction of sp³-hybridized carbons (Fsp3) is 0.650. The van der Waals surface area contributed by atoms with Crippen LogP contribution < -0.4 is 5.32 Å². The summed E-state index contributed by atoms with van der Waals surface area (Å²) in [6.45, 7) is 9.87. The van der Waals surface area contributed by atoms with Crippen LogP contribution in [0.15, 0.2) is 29.6 Å². The van der Waals surface area contributed by atoms with Gasteiger partial charge in [0.25, 0.3) is 5.91 Å². The number of carbonyl (C=O) groups excluding carboxylic acids is 4. The number of nitrogens with zero attached hydrogens (tertiary/aromatic N) is 3. The summed E-state index contributed by atoms with van der Waals surface area (Å²) in [4.78, 5) is 73.9. The minimum Gasteiger partial charge on any atom is -0.481 e. The van der Waals surface area contributed by atoms with Crippen molar-refractivity contribution < 1.29 is 33.8 Å². The van der Waals surface area contributed by atoms with Crippen molar-refractivity contribution in [1.82, 2.24) is 20.1 Å². The Balaban J connectivity index is 1.50. The molecule has 2 heterocycles. The quantitative estimate of drug-likeness (QED) is 0.170. The van der Waals surface area contributed by atoms with E-state index in [0.717, 1.165) is 56.2 Å². The van der Waals surface area contributed by atoms with E-state index < -0.39 is 35.9 Å². The molecule has 1 aliphatic heterocycles. The highest BCUT2D eigenvalue weighted by Gasteiger charge is 2.40. The second-order valence-electron chi connectivity index (χ2n) is 15.5. The predicted octanol–water partition coefficient (Wildman–Crippen LogP) is 6.24. The zero-order chi connectivity index (χ0) is 38.1. The lowest BCUT2D eigenvalue weighted by atomic mass is 9.72. The van der Waals surface area contributed by atoms with Crippen LogP contribution in [0.25, 0.3) is 0 Å². The van der Waals surface area contributed by atoms with Gasteiger partial charge < -0.3 is 20.1 Å². The summed E-state index contributed by atoms with van der Waals surface area (Å²) in [5.74, 6) is -2.66. The maximum absolute atomic E-state index is 14.3. The number of rotatable bonds is 18. The molecule has 0 bridgehead atoms. The zero-order valence-corrected chi connectivity index (χ0v) is 32.7. The van der Waals surface area contributed by atoms with Gasteiger partial charge in [-0.2, -0.15) is 0 Å². The molecule has 0 unspecified atom stereocenters. The molecule has 2 aromatic rings. The number of aryl methyl sites for hydroxylation is 1. The number of thiazole rings is 1. The molecule has 2 aliphatic rings. The Kier molecular flexibility index (Phi) is 15.0. The molecule has 1 aromatic carbocycles.